The Morgan fingerprint density at radius 3 is 2.58 bits per heavy atom. The highest BCUT2D eigenvalue weighted by atomic mass is 16.3. The fourth-order valence-corrected chi connectivity index (χ4v) is 5.28. The second-order valence-electron chi connectivity index (χ2n) is 9.29. The Labute approximate surface area is 192 Å². The molecule has 1 spiro atoms. The number of benzene rings is 2. The molecule has 1 unspecified atom stereocenters. The Morgan fingerprint density at radius 1 is 1.15 bits per heavy atom. The Bertz CT molecular complexity index is 1220. The SMILES string of the molecule is CC(C)CN1C(=O)[C@@]2(CC(=O)N(C)C2c2ccccc2)c2cc(-n3cc(CO)nn3)ccc21. The minimum Gasteiger partial charge on any atom is -0.390 e. The van der Waals surface area contributed by atoms with Crippen molar-refractivity contribution >= 4 is 17.5 Å². The van der Waals surface area contributed by atoms with Gasteiger partial charge in [0, 0.05) is 25.7 Å². The second kappa shape index (κ2) is 7.81. The van der Waals surface area contributed by atoms with E-state index in [1.807, 2.05) is 53.4 Å². The number of rotatable bonds is 5. The van der Waals surface area contributed by atoms with Crippen molar-refractivity contribution in [3.63, 3.8) is 0 Å². The maximum atomic E-state index is 14.2. The fourth-order valence-electron chi connectivity index (χ4n) is 5.28. The first-order valence-electron chi connectivity index (χ1n) is 11.2. The molecule has 0 saturated carbocycles. The van der Waals surface area contributed by atoms with Crippen LogP contribution < -0.4 is 4.90 Å². The summed E-state index contributed by atoms with van der Waals surface area (Å²) in [5.74, 6) is 0.178. The lowest BCUT2D eigenvalue weighted by Gasteiger charge is -2.33. The van der Waals surface area contributed by atoms with E-state index in [9.17, 15) is 14.7 Å². The van der Waals surface area contributed by atoms with Crippen LogP contribution in [-0.2, 0) is 21.6 Å². The van der Waals surface area contributed by atoms with E-state index in [2.05, 4.69) is 24.2 Å². The van der Waals surface area contributed by atoms with Crippen LogP contribution in [-0.4, -0.2) is 50.4 Å². The summed E-state index contributed by atoms with van der Waals surface area (Å²) in [4.78, 5) is 30.8. The van der Waals surface area contributed by atoms with Gasteiger partial charge < -0.3 is 14.9 Å². The smallest absolute Gasteiger partial charge is 0.240 e. The molecule has 1 fully saturated rings. The van der Waals surface area contributed by atoms with Crippen molar-refractivity contribution < 1.29 is 14.7 Å². The molecular formula is C25H27N5O3. The van der Waals surface area contributed by atoms with Crippen molar-refractivity contribution in [2.24, 2.45) is 5.92 Å². The molecule has 1 saturated heterocycles. The van der Waals surface area contributed by atoms with Gasteiger partial charge in [-0.3, -0.25) is 9.59 Å². The molecule has 170 valence electrons. The van der Waals surface area contributed by atoms with Crippen molar-refractivity contribution in [1.82, 2.24) is 19.9 Å². The number of anilines is 1. The van der Waals surface area contributed by atoms with Crippen molar-refractivity contribution in [2.45, 2.75) is 38.3 Å². The first-order chi connectivity index (χ1) is 15.9. The molecule has 0 radical (unpaired) electrons. The molecule has 2 atom stereocenters. The number of aliphatic hydroxyl groups excluding tert-OH is 1. The van der Waals surface area contributed by atoms with Gasteiger partial charge >= 0.3 is 0 Å². The van der Waals surface area contributed by atoms with Crippen LogP contribution >= 0.6 is 0 Å². The van der Waals surface area contributed by atoms with E-state index in [4.69, 9.17) is 0 Å². The largest absolute Gasteiger partial charge is 0.390 e. The molecule has 5 rings (SSSR count). The topological polar surface area (TPSA) is 91.6 Å². The molecule has 3 heterocycles. The summed E-state index contributed by atoms with van der Waals surface area (Å²) in [5.41, 5.74) is 2.77. The highest BCUT2D eigenvalue weighted by Gasteiger charge is 2.62. The normalized spacial score (nSPS) is 22.2. The molecule has 1 aromatic heterocycles. The number of likely N-dealkylation sites (N-methyl/N-ethyl adjacent to an activating group) is 1. The Hall–Kier alpha value is -3.52. The van der Waals surface area contributed by atoms with Gasteiger partial charge in [-0.15, -0.1) is 5.10 Å². The summed E-state index contributed by atoms with van der Waals surface area (Å²) in [6.07, 6.45) is 1.78. The first-order valence-corrected chi connectivity index (χ1v) is 11.2. The number of amides is 2. The van der Waals surface area contributed by atoms with Gasteiger partial charge in [-0.2, -0.15) is 0 Å². The summed E-state index contributed by atoms with van der Waals surface area (Å²) in [5, 5.41) is 17.5. The number of carbonyl (C=O) groups is 2. The first kappa shape index (κ1) is 21.3. The van der Waals surface area contributed by atoms with Gasteiger partial charge in [0.25, 0.3) is 0 Å². The third-order valence-electron chi connectivity index (χ3n) is 6.69. The lowest BCUT2D eigenvalue weighted by atomic mass is 9.72. The third-order valence-corrected chi connectivity index (χ3v) is 6.69. The fraction of sp³-hybridized carbons (Fsp3) is 0.360. The molecule has 33 heavy (non-hydrogen) atoms. The Kier molecular flexibility index (Phi) is 5.05. The number of aromatic nitrogens is 3. The van der Waals surface area contributed by atoms with Crippen LogP contribution in [0.15, 0.2) is 54.7 Å². The minimum absolute atomic E-state index is 0.0375. The van der Waals surface area contributed by atoms with Crippen LogP contribution in [0, 0.1) is 5.92 Å². The zero-order chi connectivity index (χ0) is 23.3. The molecular weight excluding hydrogens is 418 g/mol. The van der Waals surface area contributed by atoms with Crippen molar-refractivity contribution in [1.29, 1.82) is 0 Å². The molecule has 2 aromatic carbocycles. The van der Waals surface area contributed by atoms with Crippen LogP contribution in [0.4, 0.5) is 5.69 Å². The van der Waals surface area contributed by atoms with Crippen LogP contribution in [0.3, 0.4) is 0 Å². The molecule has 2 aliphatic rings. The number of fused-ring (bicyclic) bond motifs is 2. The number of carbonyl (C=O) groups excluding carboxylic acids is 2. The van der Waals surface area contributed by atoms with E-state index < -0.39 is 11.5 Å². The number of aliphatic hydroxyl groups is 1. The summed E-state index contributed by atoms with van der Waals surface area (Å²) in [6.45, 7) is 4.53. The zero-order valence-electron chi connectivity index (χ0n) is 19.0. The predicted octanol–water partition coefficient (Wildman–Crippen LogP) is 2.60. The molecule has 0 aliphatic carbocycles. The van der Waals surface area contributed by atoms with Gasteiger partial charge in [-0.1, -0.05) is 49.4 Å². The van der Waals surface area contributed by atoms with Gasteiger partial charge in [-0.05, 0) is 35.2 Å². The molecule has 8 nitrogen and oxygen atoms in total. The van der Waals surface area contributed by atoms with Crippen molar-refractivity contribution in [2.75, 3.05) is 18.5 Å². The predicted molar refractivity (Wildman–Crippen MR) is 123 cm³/mol. The quantitative estimate of drug-likeness (QED) is 0.652. The molecule has 2 aliphatic heterocycles. The van der Waals surface area contributed by atoms with E-state index in [0.29, 0.717) is 12.2 Å². The molecule has 2 amide bonds. The van der Waals surface area contributed by atoms with Gasteiger partial charge in [0.2, 0.25) is 11.8 Å². The minimum atomic E-state index is -1.02. The van der Waals surface area contributed by atoms with Gasteiger partial charge in [0.05, 0.1) is 24.5 Å². The average molecular weight is 446 g/mol. The van der Waals surface area contributed by atoms with E-state index >= 15 is 0 Å². The summed E-state index contributed by atoms with van der Waals surface area (Å²) < 4.78 is 1.59. The number of nitrogens with zero attached hydrogens (tertiary/aromatic N) is 5. The van der Waals surface area contributed by atoms with Crippen LogP contribution in [0.25, 0.3) is 5.69 Å². The van der Waals surface area contributed by atoms with E-state index in [1.54, 1.807) is 22.8 Å². The molecule has 0 bridgehead atoms. The van der Waals surface area contributed by atoms with E-state index in [1.165, 1.54) is 0 Å². The number of likely N-dealkylation sites (tertiary alicyclic amines) is 1. The third kappa shape index (κ3) is 3.16. The van der Waals surface area contributed by atoms with Gasteiger partial charge in [0.15, 0.2) is 0 Å². The summed E-state index contributed by atoms with van der Waals surface area (Å²) in [7, 11) is 1.78. The monoisotopic (exact) mass is 445 g/mol. The summed E-state index contributed by atoms with van der Waals surface area (Å²) >= 11 is 0. The molecule has 1 N–H and O–H groups in total. The second-order valence-corrected chi connectivity index (χ2v) is 9.29. The van der Waals surface area contributed by atoms with Crippen molar-refractivity contribution in [3.8, 4) is 5.69 Å². The maximum absolute atomic E-state index is 14.2. The van der Waals surface area contributed by atoms with Gasteiger partial charge in [0.1, 0.15) is 11.1 Å². The van der Waals surface area contributed by atoms with Gasteiger partial charge in [-0.25, -0.2) is 4.68 Å². The Balaban J connectivity index is 1.73. The standard InChI is InChI=1S/C25H27N5O3/c1-16(2)13-29-21-10-9-19(30-14-18(15-31)26-27-30)11-20(21)25(24(29)33)12-22(32)28(3)23(25)17-7-5-4-6-8-17/h4-11,14,16,23,31H,12-13,15H2,1-3H3/t23?,25-/m0/s1. The summed E-state index contributed by atoms with van der Waals surface area (Å²) in [6, 6.07) is 15.1. The van der Waals surface area contributed by atoms with Crippen molar-refractivity contribution in [3.05, 3.63) is 71.5 Å². The van der Waals surface area contributed by atoms with E-state index in [-0.39, 0.29) is 30.8 Å². The highest BCUT2D eigenvalue weighted by molar-refractivity contribution is 6.12. The van der Waals surface area contributed by atoms with Crippen LogP contribution in [0.2, 0.25) is 0 Å². The maximum Gasteiger partial charge on any atom is 0.240 e. The zero-order valence-corrected chi connectivity index (χ0v) is 19.0. The van der Waals surface area contributed by atoms with Crippen LogP contribution in [0.5, 0.6) is 0 Å². The lowest BCUT2D eigenvalue weighted by Crippen LogP contribution is -2.45. The molecule has 8 heteroatoms. The number of hydrogen-bond donors (Lipinski definition) is 1. The lowest BCUT2D eigenvalue weighted by molar-refractivity contribution is -0.128. The van der Waals surface area contributed by atoms with Crippen LogP contribution in [0.1, 0.15) is 43.1 Å². The highest BCUT2D eigenvalue weighted by Crippen LogP contribution is 2.57. The van der Waals surface area contributed by atoms with E-state index in [0.717, 1.165) is 22.5 Å². The number of hydrogen-bond acceptors (Lipinski definition) is 5. The molecule has 3 aromatic rings. The average Bonchev–Trinajstić information content (AvgIpc) is 3.46. The Morgan fingerprint density at radius 2 is 1.91 bits per heavy atom.